The molecule has 0 aromatic heterocycles. The van der Waals surface area contributed by atoms with E-state index in [2.05, 4.69) is 24.5 Å². The van der Waals surface area contributed by atoms with E-state index in [-0.39, 0.29) is 11.8 Å². The van der Waals surface area contributed by atoms with Gasteiger partial charge in [0.2, 0.25) is 0 Å². The summed E-state index contributed by atoms with van der Waals surface area (Å²) in [5.41, 5.74) is 1.36. The maximum Gasteiger partial charge on any atom is 0.252 e. The lowest BCUT2D eigenvalue weighted by Gasteiger charge is -2.16. The first kappa shape index (κ1) is 43.5. The van der Waals surface area contributed by atoms with Gasteiger partial charge in [0.1, 0.15) is 0 Å². The van der Waals surface area contributed by atoms with E-state index < -0.39 is 0 Å². The van der Waals surface area contributed by atoms with Gasteiger partial charge in [-0.05, 0) is 34.4 Å². The van der Waals surface area contributed by atoms with Crippen molar-refractivity contribution in [1.82, 2.24) is 10.6 Å². The number of carbonyl (C=O) groups excluding carboxylic acids is 2. The number of unbranched alkanes of at least 4 members (excludes halogenated alkanes) is 26. The van der Waals surface area contributed by atoms with Crippen molar-refractivity contribution in [3.63, 3.8) is 0 Å². The van der Waals surface area contributed by atoms with Gasteiger partial charge in [0.05, 0.1) is 11.1 Å². The van der Waals surface area contributed by atoms with Gasteiger partial charge in [0.25, 0.3) is 11.8 Å². The number of rotatable bonds is 32. The van der Waals surface area contributed by atoms with E-state index in [1.165, 1.54) is 154 Å². The lowest BCUT2D eigenvalue weighted by Crippen LogP contribution is -2.27. The molecule has 52 heavy (non-hydrogen) atoms. The van der Waals surface area contributed by atoms with Crippen LogP contribution in [0.25, 0.3) is 21.5 Å². The molecule has 2 N–H and O–H groups in total. The molecule has 0 fully saturated rings. The fourth-order valence-electron chi connectivity index (χ4n) is 7.84. The molecule has 0 spiro atoms. The molecule has 0 aliphatic carbocycles. The molecule has 0 aliphatic rings. The molecule has 3 aromatic rings. The van der Waals surface area contributed by atoms with E-state index in [0.717, 1.165) is 47.2 Å². The Labute approximate surface area is 319 Å². The topological polar surface area (TPSA) is 58.2 Å². The third kappa shape index (κ3) is 16.9. The highest BCUT2D eigenvalue weighted by molar-refractivity contribution is 6.26. The van der Waals surface area contributed by atoms with Crippen molar-refractivity contribution < 1.29 is 9.59 Å². The Morgan fingerprint density at radius 1 is 0.346 bits per heavy atom. The van der Waals surface area contributed by atoms with Gasteiger partial charge in [-0.1, -0.05) is 229 Å². The molecule has 0 heterocycles. The van der Waals surface area contributed by atoms with Crippen molar-refractivity contribution in [2.45, 2.75) is 194 Å². The largest absolute Gasteiger partial charge is 0.352 e. The van der Waals surface area contributed by atoms with Crippen molar-refractivity contribution in [2.75, 3.05) is 13.1 Å². The van der Waals surface area contributed by atoms with Gasteiger partial charge < -0.3 is 10.6 Å². The smallest absolute Gasteiger partial charge is 0.252 e. The molecule has 0 unspecified atom stereocenters. The molecule has 0 bridgehead atoms. The van der Waals surface area contributed by atoms with Gasteiger partial charge in [-0.25, -0.2) is 0 Å². The predicted molar refractivity (Wildman–Crippen MR) is 227 cm³/mol. The third-order valence-electron chi connectivity index (χ3n) is 11.0. The van der Waals surface area contributed by atoms with E-state index in [1.807, 2.05) is 48.5 Å². The van der Waals surface area contributed by atoms with Crippen molar-refractivity contribution >= 4 is 33.4 Å². The van der Waals surface area contributed by atoms with E-state index >= 15 is 0 Å². The van der Waals surface area contributed by atoms with Crippen LogP contribution in [0, 0.1) is 0 Å². The van der Waals surface area contributed by atoms with Crippen LogP contribution in [0.1, 0.15) is 214 Å². The Bertz CT molecular complexity index is 1220. The van der Waals surface area contributed by atoms with E-state index in [4.69, 9.17) is 0 Å². The zero-order chi connectivity index (χ0) is 36.9. The van der Waals surface area contributed by atoms with Gasteiger partial charge in [-0.3, -0.25) is 9.59 Å². The summed E-state index contributed by atoms with van der Waals surface area (Å²) in [6, 6.07) is 15.9. The first-order chi connectivity index (χ1) is 25.7. The van der Waals surface area contributed by atoms with Crippen molar-refractivity contribution in [1.29, 1.82) is 0 Å². The Morgan fingerprint density at radius 2 is 0.558 bits per heavy atom. The summed E-state index contributed by atoms with van der Waals surface area (Å²) in [6.45, 7) is 5.93. The van der Waals surface area contributed by atoms with Crippen LogP contribution >= 0.6 is 0 Å². The zero-order valence-electron chi connectivity index (χ0n) is 33.6. The van der Waals surface area contributed by atoms with Gasteiger partial charge in [-0.2, -0.15) is 0 Å². The molecular weight excluding hydrogens is 637 g/mol. The van der Waals surface area contributed by atoms with Gasteiger partial charge in [0.15, 0.2) is 0 Å². The summed E-state index contributed by atoms with van der Waals surface area (Å²) in [4.78, 5) is 27.4. The van der Waals surface area contributed by atoms with Crippen molar-refractivity contribution in [2.24, 2.45) is 0 Å². The monoisotopic (exact) mass is 713 g/mol. The standard InChI is InChI=1S/C48H76N2O2/c1-3-5-7-9-11-13-15-17-19-21-23-25-27-33-39-49-47(51)45-41-35-29-31-37-43(41)46(44-38-32-30-36-42(44)45)48(52)50-40-34-28-26-24-22-20-18-16-14-12-10-8-6-4-2/h29-32,35-38H,3-28,33-34,39-40H2,1-2H3,(H,49,51)(H,50,52). The molecule has 0 saturated heterocycles. The Balaban J connectivity index is 1.38. The number of carbonyl (C=O) groups is 2. The molecule has 3 rings (SSSR count). The quantitative estimate of drug-likeness (QED) is 0.0500. The van der Waals surface area contributed by atoms with Crippen LogP contribution in [-0.2, 0) is 0 Å². The van der Waals surface area contributed by atoms with Gasteiger partial charge in [0, 0.05) is 13.1 Å². The minimum absolute atomic E-state index is 0.0449. The summed E-state index contributed by atoms with van der Waals surface area (Å²) >= 11 is 0. The SMILES string of the molecule is CCCCCCCCCCCCCCCCNC(=O)c1c2ccccc2c(C(=O)NCCCCCCCCCCCCCCCC)c2ccccc12. The number of hydrogen-bond donors (Lipinski definition) is 2. The fourth-order valence-corrected chi connectivity index (χ4v) is 7.84. The Hall–Kier alpha value is -2.88. The summed E-state index contributed by atoms with van der Waals surface area (Å²) in [5.74, 6) is -0.0899. The molecule has 0 saturated carbocycles. The first-order valence-corrected chi connectivity index (χ1v) is 22.2. The van der Waals surface area contributed by atoms with Gasteiger partial charge in [-0.15, -0.1) is 0 Å². The molecule has 4 nitrogen and oxygen atoms in total. The molecule has 0 atom stereocenters. The third-order valence-corrected chi connectivity index (χ3v) is 11.0. The normalized spacial score (nSPS) is 11.4. The fraction of sp³-hybridized carbons (Fsp3) is 0.667. The first-order valence-electron chi connectivity index (χ1n) is 22.2. The Morgan fingerprint density at radius 3 is 0.788 bits per heavy atom. The highest BCUT2D eigenvalue weighted by Gasteiger charge is 2.21. The predicted octanol–water partition coefficient (Wildman–Crippen LogP) is 14.4. The minimum atomic E-state index is -0.0449. The summed E-state index contributed by atoms with van der Waals surface area (Å²) < 4.78 is 0. The summed E-state index contributed by atoms with van der Waals surface area (Å²) in [5, 5.41) is 9.83. The molecule has 0 radical (unpaired) electrons. The lowest BCUT2D eigenvalue weighted by molar-refractivity contribution is 0.0945. The van der Waals surface area contributed by atoms with Crippen LogP contribution in [0.4, 0.5) is 0 Å². The van der Waals surface area contributed by atoms with Crippen molar-refractivity contribution in [3.05, 3.63) is 59.7 Å². The second kappa shape index (κ2) is 28.6. The highest BCUT2D eigenvalue weighted by atomic mass is 16.2. The molecule has 2 amide bonds. The number of nitrogens with one attached hydrogen (secondary N) is 2. The molecular formula is C48H76N2O2. The minimum Gasteiger partial charge on any atom is -0.352 e. The molecule has 0 aliphatic heterocycles. The molecule has 290 valence electrons. The van der Waals surface area contributed by atoms with Crippen LogP contribution in [-0.4, -0.2) is 24.9 Å². The molecule has 4 heteroatoms. The van der Waals surface area contributed by atoms with Crippen LogP contribution < -0.4 is 10.6 Å². The summed E-state index contributed by atoms with van der Waals surface area (Å²) in [6.07, 6.45) is 37.0. The van der Waals surface area contributed by atoms with E-state index in [0.29, 0.717) is 24.2 Å². The number of fused-ring (bicyclic) bond motifs is 2. The van der Waals surface area contributed by atoms with Crippen LogP contribution in [0.2, 0.25) is 0 Å². The zero-order valence-corrected chi connectivity index (χ0v) is 33.6. The van der Waals surface area contributed by atoms with Crippen LogP contribution in [0.5, 0.6) is 0 Å². The van der Waals surface area contributed by atoms with Crippen LogP contribution in [0.3, 0.4) is 0 Å². The highest BCUT2D eigenvalue weighted by Crippen LogP contribution is 2.33. The Kier molecular flexibility index (Phi) is 23.9. The number of benzene rings is 3. The van der Waals surface area contributed by atoms with Crippen LogP contribution in [0.15, 0.2) is 48.5 Å². The number of amides is 2. The van der Waals surface area contributed by atoms with Crippen molar-refractivity contribution in [3.8, 4) is 0 Å². The number of hydrogen-bond acceptors (Lipinski definition) is 2. The lowest BCUT2D eigenvalue weighted by atomic mass is 9.91. The second-order valence-electron chi connectivity index (χ2n) is 15.5. The average Bonchev–Trinajstić information content (AvgIpc) is 3.16. The maximum absolute atomic E-state index is 13.7. The second-order valence-corrected chi connectivity index (χ2v) is 15.5. The van der Waals surface area contributed by atoms with E-state index in [9.17, 15) is 9.59 Å². The van der Waals surface area contributed by atoms with Gasteiger partial charge >= 0.3 is 0 Å². The average molecular weight is 713 g/mol. The van der Waals surface area contributed by atoms with E-state index in [1.54, 1.807) is 0 Å². The summed E-state index contributed by atoms with van der Waals surface area (Å²) in [7, 11) is 0. The maximum atomic E-state index is 13.7. The molecule has 3 aromatic carbocycles.